The number of esters is 2. The van der Waals surface area contributed by atoms with Crippen LogP contribution in [-0.4, -0.2) is 11.9 Å². The Hall–Kier alpha value is -8.22. The van der Waals surface area contributed by atoms with Crippen LogP contribution in [0.1, 0.15) is 38.9 Å². The van der Waals surface area contributed by atoms with Gasteiger partial charge in [0.2, 0.25) is 0 Å². The van der Waals surface area contributed by atoms with Gasteiger partial charge in [-0.15, -0.1) is 0 Å². The van der Waals surface area contributed by atoms with E-state index >= 15 is 0 Å². The molecule has 0 aromatic heterocycles. The van der Waals surface area contributed by atoms with Crippen LogP contribution >= 0.6 is 0 Å². The van der Waals surface area contributed by atoms with Crippen LogP contribution in [0.25, 0.3) is 30.4 Å². The lowest BCUT2D eigenvalue weighted by Crippen LogP contribution is -2.10. The summed E-state index contributed by atoms with van der Waals surface area (Å²) in [4.78, 5) is 27.8. The number of hydrogen-bond acceptors (Lipinski definition) is 6. The zero-order valence-electron chi connectivity index (χ0n) is 34.8. The first kappa shape index (κ1) is 41.9. The smallest absolute Gasteiger partial charge is 0.335 e. The van der Waals surface area contributed by atoms with E-state index in [1.54, 1.807) is 24.3 Å². The Balaban J connectivity index is 1.03. The highest BCUT2D eigenvalue weighted by Crippen LogP contribution is 2.38. The first-order chi connectivity index (χ1) is 30.2. The Morgan fingerprint density at radius 1 is 0.387 bits per heavy atom. The first-order valence-corrected chi connectivity index (χ1v) is 20.1. The highest BCUT2D eigenvalue weighted by molar-refractivity contribution is 5.85. The number of rotatable bonds is 15. The maximum absolute atomic E-state index is 11.7. The van der Waals surface area contributed by atoms with Crippen molar-refractivity contribution >= 4 is 76.4 Å². The van der Waals surface area contributed by atoms with Gasteiger partial charge in [-0.1, -0.05) is 117 Å². The number of carbonyl (C=O) groups excluding carboxylic acids is 2. The number of aryl methyl sites for hydroxylation is 2. The van der Waals surface area contributed by atoms with E-state index in [2.05, 4.69) is 171 Å². The molecule has 0 heterocycles. The summed E-state index contributed by atoms with van der Waals surface area (Å²) in [5.74, 6) is -0.0862. The summed E-state index contributed by atoms with van der Waals surface area (Å²) < 4.78 is 10.6. The molecule has 6 nitrogen and oxygen atoms in total. The number of ether oxygens (including phenoxy) is 2. The number of anilines is 6. The molecule has 0 spiro atoms. The molecule has 7 aromatic rings. The zero-order valence-corrected chi connectivity index (χ0v) is 34.8. The van der Waals surface area contributed by atoms with Gasteiger partial charge in [0.1, 0.15) is 11.5 Å². The molecule has 304 valence electrons. The van der Waals surface area contributed by atoms with E-state index in [1.165, 1.54) is 11.1 Å². The Morgan fingerprint density at radius 2 is 0.677 bits per heavy atom. The predicted molar refractivity (Wildman–Crippen MR) is 258 cm³/mol. The van der Waals surface area contributed by atoms with Crippen LogP contribution in [0.3, 0.4) is 0 Å². The van der Waals surface area contributed by atoms with Crippen LogP contribution in [0.15, 0.2) is 196 Å². The molecule has 0 saturated heterocycles. The van der Waals surface area contributed by atoms with Gasteiger partial charge in [0, 0.05) is 46.3 Å². The van der Waals surface area contributed by atoms with Crippen molar-refractivity contribution in [2.24, 2.45) is 0 Å². The Labute approximate surface area is 364 Å². The van der Waals surface area contributed by atoms with Gasteiger partial charge < -0.3 is 19.3 Å². The van der Waals surface area contributed by atoms with Crippen molar-refractivity contribution in [3.63, 3.8) is 0 Å². The van der Waals surface area contributed by atoms with Crippen molar-refractivity contribution in [1.29, 1.82) is 0 Å². The molecule has 0 aliphatic carbocycles. The maximum atomic E-state index is 11.7. The minimum absolute atomic E-state index is 0.449. The third-order valence-electron chi connectivity index (χ3n) is 10.3. The summed E-state index contributed by atoms with van der Waals surface area (Å²) in [5.41, 5.74) is 13.6. The second-order valence-corrected chi connectivity index (χ2v) is 14.5. The second-order valence-electron chi connectivity index (χ2n) is 14.5. The summed E-state index contributed by atoms with van der Waals surface area (Å²) in [6, 6.07) is 54.8. The third kappa shape index (κ3) is 10.5. The monoisotopic (exact) mass is 810 g/mol. The second kappa shape index (κ2) is 19.7. The molecule has 7 rings (SSSR count). The molecule has 0 saturated carbocycles. The highest BCUT2D eigenvalue weighted by Gasteiger charge is 2.15. The number of carbonyl (C=O) groups is 2. The van der Waals surface area contributed by atoms with E-state index in [-0.39, 0.29) is 0 Å². The van der Waals surface area contributed by atoms with E-state index in [4.69, 9.17) is 9.47 Å². The molecule has 62 heavy (non-hydrogen) atoms. The molecule has 0 fully saturated rings. The normalized spacial score (nSPS) is 10.9. The van der Waals surface area contributed by atoms with Gasteiger partial charge in [0.15, 0.2) is 0 Å². The molecule has 0 unspecified atom stereocenters. The summed E-state index contributed by atoms with van der Waals surface area (Å²) in [6.45, 7) is 15.1. The van der Waals surface area contributed by atoms with E-state index < -0.39 is 11.9 Å². The van der Waals surface area contributed by atoms with E-state index in [1.807, 2.05) is 42.5 Å². The van der Waals surface area contributed by atoms with Crippen molar-refractivity contribution in [1.82, 2.24) is 0 Å². The molecule has 7 aromatic carbocycles. The zero-order chi connectivity index (χ0) is 43.4. The summed E-state index contributed by atoms with van der Waals surface area (Å²) >= 11 is 0. The van der Waals surface area contributed by atoms with Crippen molar-refractivity contribution < 1.29 is 19.1 Å². The lowest BCUT2D eigenvalue weighted by Gasteiger charge is -2.26. The Kier molecular flexibility index (Phi) is 13.3. The van der Waals surface area contributed by atoms with Crippen LogP contribution in [0.5, 0.6) is 11.5 Å². The largest absolute Gasteiger partial charge is 0.423 e. The Morgan fingerprint density at radius 3 is 1.00 bits per heavy atom. The molecular weight excluding hydrogens is 765 g/mol. The highest BCUT2D eigenvalue weighted by atomic mass is 16.5. The molecule has 0 atom stereocenters. The number of benzene rings is 7. The summed E-state index contributed by atoms with van der Waals surface area (Å²) in [7, 11) is 0. The van der Waals surface area contributed by atoms with Crippen LogP contribution in [0, 0.1) is 13.8 Å². The molecule has 0 bridgehead atoms. The van der Waals surface area contributed by atoms with Gasteiger partial charge in [-0.2, -0.15) is 0 Å². The summed E-state index contributed by atoms with van der Waals surface area (Å²) in [5, 5.41) is 0. The third-order valence-corrected chi connectivity index (χ3v) is 10.3. The van der Waals surface area contributed by atoms with Crippen LogP contribution in [-0.2, 0) is 9.59 Å². The minimum atomic E-state index is -0.500. The van der Waals surface area contributed by atoms with Crippen molar-refractivity contribution in [3.8, 4) is 11.5 Å². The fourth-order valence-corrected chi connectivity index (χ4v) is 6.73. The SMILES string of the molecule is C=CC(=O)Oc1ccc(N(c2ccc(C=C)cc2)c2ccc(C=Cc3ccc(C=Cc4ccc(N(c5ccc(OC(=O)C=C)cc5)c5ccc(C)c(C)c5)cc4)cc3)cc2)cc1. The van der Waals surface area contributed by atoms with Gasteiger partial charge in [0.05, 0.1) is 0 Å². The molecule has 0 aliphatic rings. The maximum Gasteiger partial charge on any atom is 0.335 e. The standard InChI is InChI=1S/C56H46N2O4/c1-6-42-18-25-47(26-19-42)57(50-31-35-53(36-32-50)61-55(59)7-2)48-27-20-45(21-28-48)16-14-43-10-12-44(13-11-43)15-17-46-22-29-49(30-23-46)58(52-24-9-40(4)41(5)39-52)51-33-37-54(38-34-51)62-56(60)8-3/h6-39H,1-3H2,4-5H3. The van der Waals surface area contributed by atoms with E-state index in [0.717, 1.165) is 74.1 Å². The van der Waals surface area contributed by atoms with Gasteiger partial charge in [-0.05, 0) is 150 Å². The topological polar surface area (TPSA) is 59.1 Å². The average Bonchev–Trinajstić information content (AvgIpc) is 3.31. The van der Waals surface area contributed by atoms with Crippen molar-refractivity contribution in [2.75, 3.05) is 9.80 Å². The number of hydrogen-bond donors (Lipinski definition) is 0. The first-order valence-electron chi connectivity index (χ1n) is 20.1. The predicted octanol–water partition coefficient (Wildman–Crippen LogP) is 14.4. The van der Waals surface area contributed by atoms with Gasteiger partial charge >= 0.3 is 11.9 Å². The summed E-state index contributed by atoms with van der Waals surface area (Å²) in [6.07, 6.45) is 12.6. The quantitative estimate of drug-likeness (QED) is 0.0445. The molecule has 0 radical (unpaired) electrons. The van der Waals surface area contributed by atoms with Crippen LogP contribution in [0.2, 0.25) is 0 Å². The van der Waals surface area contributed by atoms with Crippen LogP contribution in [0.4, 0.5) is 34.1 Å². The Bertz CT molecular complexity index is 2750. The van der Waals surface area contributed by atoms with Gasteiger partial charge in [0.25, 0.3) is 0 Å². The van der Waals surface area contributed by atoms with E-state index in [9.17, 15) is 9.59 Å². The van der Waals surface area contributed by atoms with Gasteiger partial charge in [-0.25, -0.2) is 9.59 Å². The molecule has 0 amide bonds. The molecule has 0 N–H and O–H groups in total. The molecule has 0 aliphatic heterocycles. The van der Waals surface area contributed by atoms with Crippen LogP contribution < -0.4 is 19.3 Å². The average molecular weight is 811 g/mol. The molecular formula is C56H46N2O4. The van der Waals surface area contributed by atoms with Crippen molar-refractivity contribution in [2.45, 2.75) is 13.8 Å². The lowest BCUT2D eigenvalue weighted by atomic mass is 10.1. The van der Waals surface area contributed by atoms with Gasteiger partial charge in [-0.3, -0.25) is 0 Å². The number of nitrogens with zero attached hydrogens (tertiary/aromatic N) is 2. The van der Waals surface area contributed by atoms with Crippen molar-refractivity contribution in [3.05, 3.63) is 235 Å². The molecule has 6 heteroatoms. The fraction of sp³-hybridized carbons (Fsp3) is 0.0357. The minimum Gasteiger partial charge on any atom is -0.423 e. The fourth-order valence-electron chi connectivity index (χ4n) is 6.73. The lowest BCUT2D eigenvalue weighted by molar-refractivity contribution is -0.129. The van der Waals surface area contributed by atoms with E-state index in [0.29, 0.717) is 11.5 Å².